The Bertz CT molecular complexity index is 37.5. The molecule has 0 aliphatic rings. The van der Waals surface area contributed by atoms with Crippen molar-refractivity contribution in [3.05, 3.63) is 0 Å². The van der Waals surface area contributed by atoms with Crippen LogP contribution in [0.4, 0.5) is 4.79 Å². The SMILES string of the molecule is C.C.O=C(O)O.[H-].[K+]. The Morgan fingerprint density at radius 1 is 1.29 bits per heavy atom. The average molecular weight is 134 g/mol. The number of carboxylic acid groups (broad SMARTS) is 2. The molecule has 0 bridgehead atoms. The molecule has 0 atom stereocenters. The first-order chi connectivity index (χ1) is 1.73. The monoisotopic (exact) mass is 134 g/mol. The van der Waals surface area contributed by atoms with Gasteiger partial charge in [-0.15, -0.1) is 0 Å². The molecule has 3 nitrogen and oxygen atoms in total. The molecule has 0 aromatic rings. The third-order valence-corrected chi connectivity index (χ3v) is 0. The zero-order valence-electron chi connectivity index (χ0n) is 3.80. The van der Waals surface area contributed by atoms with Gasteiger partial charge < -0.3 is 11.6 Å². The van der Waals surface area contributed by atoms with Crippen LogP contribution in [0.2, 0.25) is 0 Å². The Kier molecular flexibility index (Phi) is 55.7. The van der Waals surface area contributed by atoms with E-state index in [0.717, 1.165) is 0 Å². The molecule has 0 heterocycles. The van der Waals surface area contributed by atoms with Gasteiger partial charge in [0.15, 0.2) is 0 Å². The second-order valence-corrected chi connectivity index (χ2v) is 0.283. The van der Waals surface area contributed by atoms with Gasteiger partial charge in [-0.05, 0) is 0 Å². The number of rotatable bonds is 0. The molecule has 0 aromatic heterocycles. The summed E-state index contributed by atoms with van der Waals surface area (Å²) >= 11 is 0. The maximum atomic E-state index is 8.56. The fourth-order valence-electron chi connectivity index (χ4n) is 0. The number of hydrogen-bond acceptors (Lipinski definition) is 1. The molecular weight excluding hydrogens is 123 g/mol. The fourth-order valence-corrected chi connectivity index (χ4v) is 0. The molecule has 4 heteroatoms. The molecule has 0 fully saturated rings. The van der Waals surface area contributed by atoms with Gasteiger partial charge in [0.2, 0.25) is 0 Å². The first kappa shape index (κ1) is 24.7. The van der Waals surface area contributed by atoms with Crippen molar-refractivity contribution in [3.63, 3.8) is 0 Å². The van der Waals surface area contributed by atoms with E-state index in [1.54, 1.807) is 0 Å². The fraction of sp³-hybridized carbons (Fsp3) is 0.667. The van der Waals surface area contributed by atoms with Gasteiger partial charge in [-0.3, -0.25) is 0 Å². The normalized spacial score (nSPS) is 3.43. The largest absolute Gasteiger partial charge is 1.00 e. The molecule has 0 saturated heterocycles. The van der Waals surface area contributed by atoms with E-state index in [1.807, 2.05) is 0 Å². The minimum absolute atomic E-state index is 0. The predicted octanol–water partition coefficient (Wildman–Crippen LogP) is -1.39. The summed E-state index contributed by atoms with van der Waals surface area (Å²) in [7, 11) is 0. The second-order valence-electron chi connectivity index (χ2n) is 0.283. The first-order valence-corrected chi connectivity index (χ1v) is 0.651. The Labute approximate surface area is 87.6 Å². The molecule has 0 aliphatic heterocycles. The molecule has 42 valence electrons. The summed E-state index contributed by atoms with van der Waals surface area (Å²) in [5.41, 5.74) is 0. The Hall–Kier alpha value is 0.906. The molecule has 0 radical (unpaired) electrons. The van der Waals surface area contributed by atoms with Crippen molar-refractivity contribution in [1.29, 1.82) is 0 Å². The molecule has 0 saturated carbocycles. The number of carbonyl (C=O) groups is 1. The molecule has 0 rings (SSSR count). The van der Waals surface area contributed by atoms with Crippen LogP contribution in [0.5, 0.6) is 0 Å². The Balaban J connectivity index is -0.00000000750. The van der Waals surface area contributed by atoms with E-state index < -0.39 is 6.16 Å². The van der Waals surface area contributed by atoms with Crippen molar-refractivity contribution in [2.24, 2.45) is 0 Å². The molecular formula is C3H11KO3. The third kappa shape index (κ3) is 202. The van der Waals surface area contributed by atoms with Gasteiger partial charge in [-0.2, -0.15) is 0 Å². The second kappa shape index (κ2) is 15.8. The minimum Gasteiger partial charge on any atom is -1.00 e. The maximum Gasteiger partial charge on any atom is 1.00 e. The first-order valence-electron chi connectivity index (χ1n) is 0.651. The zero-order chi connectivity index (χ0) is 3.58. The van der Waals surface area contributed by atoms with Gasteiger partial charge in [0.1, 0.15) is 0 Å². The Morgan fingerprint density at radius 3 is 1.29 bits per heavy atom. The standard InChI is InChI=1S/CH2O3.2CH4.K.H/c2-1(3)4;;;;/h(H2,2,3,4);2*1H4;;/q;;;+1;-1. The quantitative estimate of drug-likeness (QED) is 0.401. The van der Waals surface area contributed by atoms with E-state index in [4.69, 9.17) is 15.0 Å². The molecule has 0 aliphatic carbocycles. The van der Waals surface area contributed by atoms with E-state index >= 15 is 0 Å². The topological polar surface area (TPSA) is 57.5 Å². The average Bonchev–Trinajstić information content (AvgIpc) is 0.811. The van der Waals surface area contributed by atoms with Crippen molar-refractivity contribution >= 4 is 6.16 Å². The van der Waals surface area contributed by atoms with Crippen LogP contribution >= 0.6 is 0 Å². The van der Waals surface area contributed by atoms with Crippen LogP contribution in [0, 0.1) is 0 Å². The van der Waals surface area contributed by atoms with Crippen molar-refractivity contribution in [2.45, 2.75) is 14.9 Å². The van der Waals surface area contributed by atoms with Gasteiger partial charge in [0, 0.05) is 0 Å². The van der Waals surface area contributed by atoms with Gasteiger partial charge >= 0.3 is 57.5 Å². The zero-order valence-corrected chi connectivity index (χ0v) is 5.93. The van der Waals surface area contributed by atoms with E-state index in [-0.39, 0.29) is 67.7 Å². The third-order valence-electron chi connectivity index (χ3n) is 0. The van der Waals surface area contributed by atoms with E-state index in [2.05, 4.69) is 0 Å². The summed E-state index contributed by atoms with van der Waals surface area (Å²) in [6, 6.07) is 0. The molecule has 0 aromatic carbocycles. The summed E-state index contributed by atoms with van der Waals surface area (Å²) in [6.45, 7) is 0. The van der Waals surface area contributed by atoms with Crippen molar-refractivity contribution in [2.75, 3.05) is 0 Å². The van der Waals surface area contributed by atoms with E-state index in [1.165, 1.54) is 0 Å². The Morgan fingerprint density at radius 2 is 1.29 bits per heavy atom. The van der Waals surface area contributed by atoms with Crippen LogP contribution in [0.15, 0.2) is 0 Å². The van der Waals surface area contributed by atoms with Crippen LogP contribution < -0.4 is 51.4 Å². The van der Waals surface area contributed by atoms with Gasteiger partial charge in [0.25, 0.3) is 0 Å². The van der Waals surface area contributed by atoms with Crippen molar-refractivity contribution in [1.82, 2.24) is 0 Å². The van der Waals surface area contributed by atoms with Crippen LogP contribution in [0.1, 0.15) is 16.3 Å². The van der Waals surface area contributed by atoms with Crippen LogP contribution in [-0.4, -0.2) is 16.4 Å². The predicted molar refractivity (Wildman–Crippen MR) is 25.2 cm³/mol. The summed E-state index contributed by atoms with van der Waals surface area (Å²) in [5.74, 6) is 0. The molecule has 7 heavy (non-hydrogen) atoms. The van der Waals surface area contributed by atoms with Gasteiger partial charge in [-0.25, -0.2) is 4.79 Å². The maximum absolute atomic E-state index is 8.56. The van der Waals surface area contributed by atoms with E-state index in [0.29, 0.717) is 0 Å². The number of hydrogen-bond donors (Lipinski definition) is 2. The summed E-state index contributed by atoms with van der Waals surface area (Å²) < 4.78 is 0. The van der Waals surface area contributed by atoms with E-state index in [9.17, 15) is 0 Å². The van der Waals surface area contributed by atoms with Gasteiger partial charge in [0.05, 0.1) is 0 Å². The van der Waals surface area contributed by atoms with Crippen LogP contribution in [-0.2, 0) is 0 Å². The summed E-state index contributed by atoms with van der Waals surface area (Å²) in [4.78, 5) is 8.56. The molecule has 0 unspecified atom stereocenters. The van der Waals surface area contributed by atoms with Gasteiger partial charge in [-0.1, -0.05) is 14.9 Å². The summed E-state index contributed by atoms with van der Waals surface area (Å²) in [6.07, 6.45) is -1.83. The minimum atomic E-state index is -1.83. The molecule has 0 amide bonds. The molecule has 0 spiro atoms. The smallest absolute Gasteiger partial charge is 1.00 e. The van der Waals surface area contributed by atoms with Crippen molar-refractivity contribution in [3.8, 4) is 0 Å². The van der Waals surface area contributed by atoms with Crippen LogP contribution in [0.3, 0.4) is 0 Å². The van der Waals surface area contributed by atoms with Crippen molar-refractivity contribution < 1.29 is 67.8 Å². The molecule has 2 N–H and O–H groups in total. The van der Waals surface area contributed by atoms with Crippen LogP contribution in [0.25, 0.3) is 0 Å². The summed E-state index contributed by atoms with van der Waals surface area (Å²) in [5, 5.41) is 13.9.